The predicted molar refractivity (Wildman–Crippen MR) is 176 cm³/mol. The number of rotatable bonds is 6. The fourth-order valence-electron chi connectivity index (χ4n) is 11.1. The highest BCUT2D eigenvalue weighted by atomic mass is 16.2. The summed E-state index contributed by atoms with van der Waals surface area (Å²) >= 11 is 0. The summed E-state index contributed by atoms with van der Waals surface area (Å²) in [5.74, 6) is 0.827. The molecule has 4 rings (SSSR count). The van der Waals surface area contributed by atoms with Crippen LogP contribution in [0.3, 0.4) is 0 Å². The monoisotopic (exact) mass is 601 g/mol. The van der Waals surface area contributed by atoms with Crippen LogP contribution in [0.4, 0.5) is 0 Å². The van der Waals surface area contributed by atoms with Crippen molar-refractivity contribution < 1.29 is 0 Å². The van der Waals surface area contributed by atoms with Gasteiger partial charge in [-0.1, -0.05) is 76.2 Å². The fraction of sp³-hybridized carbons (Fsp3) is 0.914. The summed E-state index contributed by atoms with van der Waals surface area (Å²) in [6, 6.07) is -0.0124. The van der Waals surface area contributed by atoms with Crippen LogP contribution in [0.2, 0.25) is 0 Å². The van der Waals surface area contributed by atoms with Gasteiger partial charge in [0.15, 0.2) is 0 Å². The molecule has 3 saturated carbocycles. The number of hydrogen-bond acceptors (Lipinski definition) is 5. The van der Waals surface area contributed by atoms with Crippen molar-refractivity contribution in [1.29, 1.82) is 0 Å². The van der Waals surface area contributed by atoms with Crippen molar-refractivity contribution in [3.8, 4) is 0 Å². The average molecular weight is 602 g/mol. The Morgan fingerprint density at radius 3 is 1.37 bits per heavy atom. The van der Waals surface area contributed by atoms with Gasteiger partial charge in [-0.15, -0.1) is 0 Å². The Hall–Kier alpha value is -1.67. The van der Waals surface area contributed by atoms with Crippen LogP contribution in [0.5, 0.6) is 0 Å². The molecule has 3 aliphatic carbocycles. The van der Waals surface area contributed by atoms with Gasteiger partial charge in [-0.3, -0.25) is 0 Å². The van der Waals surface area contributed by atoms with Crippen LogP contribution in [-0.4, -0.2) is 25.8 Å². The van der Waals surface area contributed by atoms with Crippen molar-refractivity contribution in [1.82, 2.24) is 13.7 Å². The molecule has 0 spiro atoms. The molecule has 246 valence electrons. The first-order valence-electron chi connectivity index (χ1n) is 16.8. The van der Waals surface area contributed by atoms with E-state index in [-0.39, 0.29) is 57.7 Å². The molecular weight excluding hydrogens is 538 g/mol. The van der Waals surface area contributed by atoms with Gasteiger partial charge in [0.25, 0.3) is 0 Å². The minimum absolute atomic E-state index is 0.00862. The van der Waals surface area contributed by atoms with E-state index in [1.165, 1.54) is 13.7 Å². The van der Waals surface area contributed by atoms with Crippen molar-refractivity contribution in [2.45, 2.75) is 159 Å². The lowest BCUT2D eigenvalue weighted by atomic mass is 9.58. The van der Waals surface area contributed by atoms with Gasteiger partial charge in [0.05, 0.1) is 0 Å². The van der Waals surface area contributed by atoms with Crippen LogP contribution in [0.25, 0.3) is 0 Å². The molecule has 0 saturated heterocycles. The van der Waals surface area contributed by atoms with Crippen molar-refractivity contribution in [2.24, 2.45) is 55.8 Å². The third-order valence-corrected chi connectivity index (χ3v) is 11.6. The molecule has 1 aromatic heterocycles. The lowest BCUT2D eigenvalue weighted by Crippen LogP contribution is -2.60. The van der Waals surface area contributed by atoms with E-state index >= 15 is 0 Å². The summed E-state index contributed by atoms with van der Waals surface area (Å²) in [6.45, 7) is 25.3. The Balaban J connectivity index is 1.85. The van der Waals surface area contributed by atoms with Gasteiger partial charge >= 0.3 is 17.1 Å². The largest absolute Gasteiger partial charge is 0.336 e. The quantitative estimate of drug-likeness (QED) is 0.455. The minimum atomic E-state index is -0.488. The summed E-state index contributed by atoms with van der Waals surface area (Å²) < 4.78 is 4.18. The van der Waals surface area contributed by atoms with Gasteiger partial charge in [0.1, 0.15) is 0 Å². The van der Waals surface area contributed by atoms with Gasteiger partial charge in [-0.25, -0.2) is 28.1 Å². The summed E-state index contributed by atoms with van der Waals surface area (Å²) in [4.78, 5) is 43.0. The summed E-state index contributed by atoms with van der Waals surface area (Å²) in [5, 5.41) is 0. The number of aromatic nitrogens is 3. The summed E-state index contributed by atoms with van der Waals surface area (Å²) in [6.07, 6.45) is 7.10. The minimum Gasteiger partial charge on any atom is -0.328 e. The molecule has 4 N–H and O–H groups in total. The lowest BCUT2D eigenvalue weighted by Gasteiger charge is -2.50. The summed E-state index contributed by atoms with van der Waals surface area (Å²) in [7, 11) is 0. The van der Waals surface area contributed by atoms with Gasteiger partial charge in [0, 0.05) is 31.7 Å². The number of nitrogens with zero attached hydrogens (tertiary/aromatic N) is 3. The zero-order valence-electron chi connectivity index (χ0n) is 29.3. The summed E-state index contributed by atoms with van der Waals surface area (Å²) in [5.41, 5.74) is 11.0. The molecule has 0 radical (unpaired) electrons. The molecule has 0 bridgehead atoms. The zero-order valence-corrected chi connectivity index (χ0v) is 29.3. The van der Waals surface area contributed by atoms with E-state index in [1.807, 2.05) is 0 Å². The van der Waals surface area contributed by atoms with E-state index < -0.39 is 17.1 Å². The fourth-order valence-corrected chi connectivity index (χ4v) is 11.1. The molecule has 43 heavy (non-hydrogen) atoms. The Morgan fingerprint density at radius 1 is 0.581 bits per heavy atom. The highest BCUT2D eigenvalue weighted by Crippen LogP contribution is 2.51. The van der Waals surface area contributed by atoms with E-state index in [1.54, 1.807) is 0 Å². The first-order chi connectivity index (χ1) is 19.4. The van der Waals surface area contributed by atoms with Gasteiger partial charge in [-0.2, -0.15) is 0 Å². The second-order valence-electron chi connectivity index (χ2n) is 19.2. The third kappa shape index (κ3) is 7.26. The maximum atomic E-state index is 14.3. The van der Waals surface area contributed by atoms with Crippen LogP contribution < -0.4 is 28.5 Å². The van der Waals surface area contributed by atoms with E-state index in [9.17, 15) is 14.4 Å². The number of nitrogens with two attached hydrogens (primary N) is 2. The van der Waals surface area contributed by atoms with Crippen LogP contribution in [0.15, 0.2) is 14.4 Å². The molecule has 1 heterocycles. The predicted octanol–water partition coefficient (Wildman–Crippen LogP) is 5.36. The Bertz CT molecular complexity index is 1310. The third-order valence-electron chi connectivity index (χ3n) is 11.6. The first-order valence-corrected chi connectivity index (χ1v) is 16.8. The standard InChI is InChI=1S/C35H63N5O3/c1-23-12-30(3,4)17-33(9,13-23)20-38-27(41)39(21-34(10)15-25(36)14-31(5,6)18-34)29(43)40(28(38)42)22-35(11)16-26(37)24(2)32(7,8)19-35/h23-26H,12-22,36-37H2,1-11H3. The average Bonchev–Trinajstić information content (AvgIpc) is 2.77. The van der Waals surface area contributed by atoms with Crippen molar-refractivity contribution >= 4 is 0 Å². The second-order valence-corrected chi connectivity index (χ2v) is 19.2. The molecule has 0 aliphatic heterocycles. The maximum Gasteiger partial charge on any atom is 0.336 e. The smallest absolute Gasteiger partial charge is 0.328 e. The highest BCUT2D eigenvalue weighted by Gasteiger charge is 2.47. The van der Waals surface area contributed by atoms with Gasteiger partial charge < -0.3 is 11.5 Å². The van der Waals surface area contributed by atoms with Crippen LogP contribution in [0.1, 0.15) is 128 Å². The van der Waals surface area contributed by atoms with E-state index in [0.29, 0.717) is 18.4 Å². The molecule has 1 aromatic rings. The normalized spacial score (nSPS) is 39.0. The second kappa shape index (κ2) is 11.0. The topological polar surface area (TPSA) is 118 Å². The Kier molecular flexibility index (Phi) is 8.75. The highest BCUT2D eigenvalue weighted by molar-refractivity contribution is 4.99. The molecule has 7 unspecified atom stereocenters. The zero-order chi connectivity index (χ0) is 32.6. The molecule has 0 amide bonds. The van der Waals surface area contributed by atoms with Gasteiger partial charge in [0.2, 0.25) is 0 Å². The molecule has 3 fully saturated rings. The van der Waals surface area contributed by atoms with Crippen LogP contribution in [-0.2, 0) is 19.6 Å². The Morgan fingerprint density at radius 2 is 0.977 bits per heavy atom. The van der Waals surface area contributed by atoms with E-state index in [2.05, 4.69) is 76.2 Å². The van der Waals surface area contributed by atoms with Crippen LogP contribution in [0, 0.1) is 44.3 Å². The molecule has 8 nitrogen and oxygen atoms in total. The van der Waals surface area contributed by atoms with Crippen molar-refractivity contribution in [3.05, 3.63) is 31.5 Å². The molecule has 3 aliphatic rings. The van der Waals surface area contributed by atoms with E-state index in [4.69, 9.17) is 11.5 Å². The van der Waals surface area contributed by atoms with Gasteiger partial charge in [-0.05, 0) is 95.7 Å². The molecule has 0 aromatic carbocycles. The maximum absolute atomic E-state index is 14.3. The van der Waals surface area contributed by atoms with Crippen LogP contribution >= 0.6 is 0 Å². The lowest BCUT2D eigenvalue weighted by molar-refractivity contribution is 0.0150. The van der Waals surface area contributed by atoms with E-state index in [0.717, 1.165) is 51.4 Å². The Labute approximate surface area is 260 Å². The SMILES string of the molecule is CC1CC(C)(C)CC(C)(Cn2c(=O)n(CC3(C)CC(N)CC(C)(C)C3)c(=O)n(CC3(C)CC(N)C(C)C(C)(C)C3)c2=O)C1. The van der Waals surface area contributed by atoms with Crippen molar-refractivity contribution in [2.75, 3.05) is 0 Å². The van der Waals surface area contributed by atoms with Crippen molar-refractivity contribution in [3.63, 3.8) is 0 Å². The first kappa shape index (κ1) is 34.2. The number of hydrogen-bond donors (Lipinski definition) is 2. The molecule has 8 heteroatoms. The molecule has 7 atom stereocenters. The molecular formula is C35H63N5O3.